The van der Waals surface area contributed by atoms with Crippen molar-refractivity contribution < 1.29 is 13.5 Å². The topological polar surface area (TPSA) is 66.4 Å². The van der Waals surface area contributed by atoms with Crippen LogP contribution in [0.1, 0.15) is 22.6 Å². The van der Waals surface area contributed by atoms with Crippen LogP contribution in [0.15, 0.2) is 47.4 Å². The Hall–Kier alpha value is -1.85. The molecule has 0 aliphatic carbocycles. The van der Waals surface area contributed by atoms with E-state index in [1.807, 2.05) is 18.2 Å². The van der Waals surface area contributed by atoms with E-state index in [9.17, 15) is 13.5 Å². The van der Waals surface area contributed by atoms with E-state index >= 15 is 0 Å². The van der Waals surface area contributed by atoms with Crippen molar-refractivity contribution in [3.8, 4) is 5.75 Å². The molecule has 1 heterocycles. The molecule has 5 heteroatoms. The average Bonchev–Trinajstić information content (AvgIpc) is 2.68. The van der Waals surface area contributed by atoms with Crippen LogP contribution in [0.25, 0.3) is 0 Å². The van der Waals surface area contributed by atoms with Gasteiger partial charge in [-0.1, -0.05) is 30.3 Å². The predicted molar refractivity (Wildman–Crippen MR) is 86.1 cm³/mol. The van der Waals surface area contributed by atoms with Gasteiger partial charge in [0.15, 0.2) is 9.84 Å². The van der Waals surface area contributed by atoms with E-state index in [1.165, 1.54) is 0 Å². The van der Waals surface area contributed by atoms with Gasteiger partial charge >= 0.3 is 0 Å². The van der Waals surface area contributed by atoms with Crippen LogP contribution in [0.5, 0.6) is 5.75 Å². The summed E-state index contributed by atoms with van der Waals surface area (Å²) >= 11 is 0. The van der Waals surface area contributed by atoms with Crippen LogP contribution in [0.2, 0.25) is 0 Å². The summed E-state index contributed by atoms with van der Waals surface area (Å²) < 4.78 is 23.8. The van der Waals surface area contributed by atoms with Gasteiger partial charge in [0.05, 0.1) is 0 Å². The number of hydrogen-bond acceptors (Lipinski definition) is 4. The third-order valence-electron chi connectivity index (χ3n) is 4.12. The van der Waals surface area contributed by atoms with E-state index in [2.05, 4.69) is 17.4 Å². The van der Waals surface area contributed by atoms with Crippen LogP contribution in [-0.2, 0) is 16.3 Å². The number of hydrogen-bond donors (Lipinski definition) is 2. The molecule has 1 aliphatic rings. The minimum Gasteiger partial charge on any atom is -0.507 e. The lowest BCUT2D eigenvalue weighted by molar-refractivity contribution is 0.457. The normalized spacial score (nSPS) is 18.5. The van der Waals surface area contributed by atoms with E-state index in [1.54, 1.807) is 12.1 Å². The first kappa shape index (κ1) is 15.1. The van der Waals surface area contributed by atoms with E-state index in [4.69, 9.17) is 0 Å². The lowest BCUT2D eigenvalue weighted by Gasteiger charge is -2.19. The van der Waals surface area contributed by atoms with Gasteiger partial charge < -0.3 is 10.4 Å². The molecule has 0 saturated carbocycles. The lowest BCUT2D eigenvalue weighted by Crippen LogP contribution is -2.20. The number of fused-ring (bicyclic) bond motifs is 1. The van der Waals surface area contributed by atoms with Crippen molar-refractivity contribution in [3.63, 3.8) is 0 Å². The first-order chi connectivity index (χ1) is 10.5. The van der Waals surface area contributed by atoms with Gasteiger partial charge in [-0.25, -0.2) is 8.42 Å². The van der Waals surface area contributed by atoms with Gasteiger partial charge in [-0.15, -0.1) is 0 Å². The molecule has 0 radical (unpaired) electrons. The van der Waals surface area contributed by atoms with Crippen molar-refractivity contribution in [2.45, 2.75) is 17.2 Å². The highest BCUT2D eigenvalue weighted by atomic mass is 32.2. The molecule has 1 aliphatic heterocycles. The van der Waals surface area contributed by atoms with Gasteiger partial charge in [0.1, 0.15) is 10.6 Å². The Kier molecular flexibility index (Phi) is 3.93. The number of sulfone groups is 1. The fourth-order valence-corrected chi connectivity index (χ4v) is 3.81. The lowest BCUT2D eigenvalue weighted by atomic mass is 9.88. The summed E-state index contributed by atoms with van der Waals surface area (Å²) in [5.41, 5.74) is 3.13. The van der Waals surface area contributed by atoms with Gasteiger partial charge in [0, 0.05) is 18.7 Å². The van der Waals surface area contributed by atoms with E-state index in [0.29, 0.717) is 0 Å². The van der Waals surface area contributed by atoms with Crippen molar-refractivity contribution in [1.82, 2.24) is 5.32 Å². The summed E-state index contributed by atoms with van der Waals surface area (Å²) in [4.78, 5) is 0.00841. The smallest absolute Gasteiger partial charge is 0.179 e. The summed E-state index contributed by atoms with van der Waals surface area (Å²) in [5, 5.41) is 13.4. The molecule has 2 aromatic rings. The third kappa shape index (κ3) is 2.87. The van der Waals surface area contributed by atoms with Crippen molar-refractivity contribution in [3.05, 3.63) is 59.2 Å². The third-order valence-corrected chi connectivity index (χ3v) is 5.24. The van der Waals surface area contributed by atoms with E-state index < -0.39 is 9.84 Å². The Bertz CT molecular complexity index is 785. The molecule has 1 unspecified atom stereocenters. The van der Waals surface area contributed by atoms with Crippen LogP contribution >= 0.6 is 0 Å². The highest BCUT2D eigenvalue weighted by molar-refractivity contribution is 7.90. The summed E-state index contributed by atoms with van der Waals surface area (Å²) in [7, 11) is -3.45. The molecule has 0 aromatic heterocycles. The Morgan fingerprint density at radius 3 is 2.59 bits per heavy atom. The second kappa shape index (κ2) is 5.74. The maximum atomic E-state index is 11.9. The van der Waals surface area contributed by atoms with Gasteiger partial charge in [-0.05, 0) is 41.8 Å². The quantitative estimate of drug-likeness (QED) is 0.890. The first-order valence-electron chi connectivity index (χ1n) is 7.28. The fourth-order valence-electron chi connectivity index (χ4n) is 3.03. The van der Waals surface area contributed by atoms with Crippen LogP contribution in [-0.4, -0.2) is 32.9 Å². The molecule has 0 saturated heterocycles. The number of benzene rings is 2. The molecule has 0 spiro atoms. The molecule has 0 amide bonds. The Morgan fingerprint density at radius 2 is 1.91 bits per heavy atom. The molecule has 2 N–H and O–H groups in total. The zero-order chi connectivity index (χ0) is 15.7. The largest absolute Gasteiger partial charge is 0.507 e. The number of phenols is 1. The monoisotopic (exact) mass is 317 g/mol. The summed E-state index contributed by atoms with van der Waals surface area (Å²) in [6, 6.07) is 13.3. The van der Waals surface area contributed by atoms with Gasteiger partial charge in [-0.2, -0.15) is 0 Å². The Labute approximate surface area is 130 Å². The zero-order valence-electron chi connectivity index (χ0n) is 12.4. The summed E-state index contributed by atoms with van der Waals surface area (Å²) in [6.07, 6.45) is 1.90. The van der Waals surface area contributed by atoms with E-state index in [0.717, 1.165) is 42.5 Å². The van der Waals surface area contributed by atoms with Crippen LogP contribution in [0, 0.1) is 0 Å². The number of aromatic hydroxyl groups is 1. The van der Waals surface area contributed by atoms with Crippen molar-refractivity contribution in [1.29, 1.82) is 0 Å². The zero-order valence-corrected chi connectivity index (χ0v) is 13.2. The van der Waals surface area contributed by atoms with Crippen LogP contribution in [0.3, 0.4) is 0 Å². The highest BCUT2D eigenvalue weighted by Gasteiger charge is 2.24. The number of rotatable bonds is 2. The standard InChI is InChI=1S/C17H19NO3S/c1-22(20,21)17-10-14-13(9-16(17)19)7-8-18-11-15(14)12-5-3-2-4-6-12/h2-6,9-10,15,18-19H,7-8,11H2,1H3. The maximum absolute atomic E-state index is 11.9. The van der Waals surface area contributed by atoms with Crippen LogP contribution in [0.4, 0.5) is 0 Å². The molecular formula is C17H19NO3S. The molecule has 1 atom stereocenters. The van der Waals surface area contributed by atoms with Crippen LogP contribution < -0.4 is 5.32 Å². The van der Waals surface area contributed by atoms with Gasteiger partial charge in [0.2, 0.25) is 0 Å². The molecule has 116 valence electrons. The number of nitrogens with one attached hydrogen (secondary N) is 1. The molecular weight excluding hydrogens is 298 g/mol. The molecule has 0 bridgehead atoms. The second-order valence-corrected chi connectivity index (χ2v) is 7.69. The minimum absolute atomic E-state index is 0.00841. The predicted octanol–water partition coefficient (Wildman–Crippen LogP) is 2.07. The Morgan fingerprint density at radius 1 is 1.18 bits per heavy atom. The molecule has 3 rings (SSSR count). The second-order valence-electron chi connectivity index (χ2n) is 5.71. The first-order valence-corrected chi connectivity index (χ1v) is 9.17. The fraction of sp³-hybridized carbons (Fsp3) is 0.294. The van der Waals surface area contributed by atoms with Crippen molar-refractivity contribution >= 4 is 9.84 Å². The van der Waals surface area contributed by atoms with Gasteiger partial charge in [0.25, 0.3) is 0 Å². The summed E-state index contributed by atoms with van der Waals surface area (Å²) in [6.45, 7) is 1.57. The molecule has 2 aromatic carbocycles. The highest BCUT2D eigenvalue weighted by Crippen LogP contribution is 2.35. The minimum atomic E-state index is -3.45. The molecule has 22 heavy (non-hydrogen) atoms. The SMILES string of the molecule is CS(=O)(=O)c1cc2c(cc1O)CCNCC2c1ccccc1. The van der Waals surface area contributed by atoms with Crippen molar-refractivity contribution in [2.24, 2.45) is 0 Å². The maximum Gasteiger partial charge on any atom is 0.179 e. The van der Waals surface area contributed by atoms with Gasteiger partial charge in [-0.3, -0.25) is 0 Å². The summed E-state index contributed by atoms with van der Waals surface area (Å²) in [5.74, 6) is -0.0743. The molecule has 4 nitrogen and oxygen atoms in total. The average molecular weight is 317 g/mol. The van der Waals surface area contributed by atoms with E-state index in [-0.39, 0.29) is 16.6 Å². The Balaban J connectivity index is 2.19. The number of phenolic OH excluding ortho intramolecular Hbond substituents is 1. The molecule has 0 fully saturated rings. The van der Waals surface area contributed by atoms with Crippen molar-refractivity contribution in [2.75, 3.05) is 19.3 Å².